The average molecular weight is 417 g/mol. The Bertz CT molecular complexity index is 712. The predicted molar refractivity (Wildman–Crippen MR) is 116 cm³/mol. The Labute approximate surface area is 178 Å². The van der Waals surface area contributed by atoms with Gasteiger partial charge in [0, 0.05) is 5.75 Å². The number of carbonyl (C=O) groups excluding carboxylic acids is 2. The average Bonchev–Trinajstić information content (AvgIpc) is 3.37. The number of hydrogen-bond donors (Lipinski definition) is 0. The molecule has 0 unspecified atom stereocenters. The van der Waals surface area contributed by atoms with Crippen LogP contribution in [0.1, 0.15) is 56.9 Å². The van der Waals surface area contributed by atoms with Gasteiger partial charge in [-0.05, 0) is 70.0 Å². The van der Waals surface area contributed by atoms with Crippen LogP contribution in [0.15, 0.2) is 30.3 Å². The van der Waals surface area contributed by atoms with Gasteiger partial charge in [-0.2, -0.15) is 0 Å². The molecule has 0 radical (unpaired) electrons. The molecule has 2 heterocycles. The minimum Gasteiger partial charge on any atom is -0.464 e. The van der Waals surface area contributed by atoms with Gasteiger partial charge in [-0.25, -0.2) is 4.79 Å². The van der Waals surface area contributed by atoms with Crippen molar-refractivity contribution < 1.29 is 14.3 Å². The van der Waals surface area contributed by atoms with Gasteiger partial charge in [-0.1, -0.05) is 30.3 Å². The Morgan fingerprint density at radius 1 is 1.14 bits per heavy atom. The minimum atomic E-state index is -0.441. The first-order chi connectivity index (χ1) is 14.1. The highest BCUT2D eigenvalue weighted by Gasteiger charge is 2.53. The van der Waals surface area contributed by atoms with E-state index in [0.717, 1.165) is 51.6 Å². The van der Waals surface area contributed by atoms with E-state index >= 15 is 0 Å². The van der Waals surface area contributed by atoms with E-state index in [0.29, 0.717) is 24.8 Å². The lowest BCUT2D eigenvalue weighted by Crippen LogP contribution is -2.56. The molecule has 1 aromatic rings. The second kappa shape index (κ2) is 9.09. The van der Waals surface area contributed by atoms with Crippen LogP contribution in [0.2, 0.25) is 0 Å². The topological polar surface area (TPSA) is 49.9 Å². The molecule has 1 atom stereocenters. The molecule has 0 N–H and O–H groups in total. The number of benzene rings is 1. The largest absolute Gasteiger partial charge is 0.464 e. The molecule has 6 heteroatoms. The van der Waals surface area contributed by atoms with Crippen LogP contribution in [0.4, 0.5) is 0 Å². The van der Waals surface area contributed by atoms with Crippen LogP contribution < -0.4 is 0 Å². The van der Waals surface area contributed by atoms with Crippen LogP contribution in [0, 0.1) is 0 Å². The van der Waals surface area contributed by atoms with Gasteiger partial charge in [0.15, 0.2) is 0 Å². The van der Waals surface area contributed by atoms with Crippen molar-refractivity contribution in [1.82, 2.24) is 9.80 Å². The molecule has 1 spiro atoms. The van der Waals surface area contributed by atoms with Crippen LogP contribution in [-0.2, 0) is 14.3 Å². The van der Waals surface area contributed by atoms with Gasteiger partial charge in [0.25, 0.3) is 0 Å². The maximum absolute atomic E-state index is 13.4. The van der Waals surface area contributed by atoms with E-state index in [9.17, 15) is 9.59 Å². The van der Waals surface area contributed by atoms with Crippen LogP contribution in [0.5, 0.6) is 0 Å². The third kappa shape index (κ3) is 4.33. The van der Waals surface area contributed by atoms with Crippen molar-refractivity contribution in [1.29, 1.82) is 0 Å². The summed E-state index contributed by atoms with van der Waals surface area (Å²) in [4.78, 5) is 30.0. The zero-order chi connectivity index (χ0) is 20.3. The number of rotatable bonds is 5. The lowest BCUT2D eigenvalue weighted by atomic mass is 9.80. The number of amides is 1. The molecule has 4 rings (SSSR count). The maximum Gasteiger partial charge on any atom is 0.329 e. The molecule has 5 nitrogen and oxygen atoms in total. The molecule has 3 fully saturated rings. The number of nitrogens with zero attached hydrogens (tertiary/aromatic N) is 2. The summed E-state index contributed by atoms with van der Waals surface area (Å²) in [6.07, 6.45) is 6.32. The van der Waals surface area contributed by atoms with E-state index in [2.05, 4.69) is 35.2 Å². The van der Waals surface area contributed by atoms with Crippen LogP contribution >= 0.6 is 11.8 Å². The highest BCUT2D eigenvalue weighted by molar-refractivity contribution is 8.01. The van der Waals surface area contributed by atoms with E-state index in [1.165, 1.54) is 5.56 Å². The van der Waals surface area contributed by atoms with E-state index in [-0.39, 0.29) is 16.7 Å². The molecule has 2 aliphatic heterocycles. The number of likely N-dealkylation sites (tertiary alicyclic amines) is 1. The lowest BCUT2D eigenvalue weighted by molar-refractivity contribution is -0.156. The smallest absolute Gasteiger partial charge is 0.329 e. The van der Waals surface area contributed by atoms with Gasteiger partial charge in [0.05, 0.1) is 18.0 Å². The highest BCUT2D eigenvalue weighted by atomic mass is 32.2. The SMILES string of the molecule is CCOC(=O)[C@@H]1CSC2(CCC(c3ccccc3)CC2)N1C(=O)CN1CCCC1. The predicted octanol–water partition coefficient (Wildman–Crippen LogP) is 3.64. The Hall–Kier alpha value is -1.53. The summed E-state index contributed by atoms with van der Waals surface area (Å²) in [6.45, 7) is 4.59. The molecule has 3 aliphatic rings. The molecule has 1 aliphatic carbocycles. The number of carbonyl (C=O) groups is 2. The summed E-state index contributed by atoms with van der Waals surface area (Å²) < 4.78 is 5.34. The van der Waals surface area contributed by atoms with Crippen molar-refractivity contribution in [3.05, 3.63) is 35.9 Å². The zero-order valence-corrected chi connectivity index (χ0v) is 18.2. The van der Waals surface area contributed by atoms with Crippen molar-refractivity contribution in [2.75, 3.05) is 32.0 Å². The molecule has 1 aromatic carbocycles. The summed E-state index contributed by atoms with van der Waals surface area (Å²) >= 11 is 1.81. The van der Waals surface area contributed by atoms with Gasteiger partial charge in [0.2, 0.25) is 5.91 Å². The fraction of sp³-hybridized carbons (Fsp3) is 0.652. The first-order valence-electron chi connectivity index (χ1n) is 11.0. The van der Waals surface area contributed by atoms with E-state index < -0.39 is 6.04 Å². The number of esters is 1. The van der Waals surface area contributed by atoms with Crippen molar-refractivity contribution in [2.45, 2.75) is 62.3 Å². The summed E-state index contributed by atoms with van der Waals surface area (Å²) in [6, 6.07) is 10.2. The molecule has 158 valence electrons. The second-order valence-electron chi connectivity index (χ2n) is 8.46. The maximum atomic E-state index is 13.4. The standard InChI is InChI=1S/C23H32N2O3S/c1-2-28-22(27)20-17-29-23(25(20)21(26)16-24-14-6-7-15-24)12-10-19(11-13-23)18-8-4-3-5-9-18/h3-5,8-9,19-20H,2,6-7,10-17H2,1H3/t19?,20-,23?/m0/s1. The fourth-order valence-corrected chi connectivity index (χ4v) is 6.84. The molecule has 1 amide bonds. The van der Waals surface area contributed by atoms with Gasteiger partial charge in [-0.3, -0.25) is 9.69 Å². The normalized spacial score (nSPS) is 30.0. The third-order valence-electron chi connectivity index (χ3n) is 6.68. The van der Waals surface area contributed by atoms with Crippen molar-refractivity contribution in [3.8, 4) is 0 Å². The van der Waals surface area contributed by atoms with E-state index in [4.69, 9.17) is 4.74 Å². The van der Waals surface area contributed by atoms with Crippen molar-refractivity contribution >= 4 is 23.6 Å². The van der Waals surface area contributed by atoms with E-state index in [1.807, 2.05) is 11.8 Å². The Balaban J connectivity index is 1.51. The van der Waals surface area contributed by atoms with Crippen LogP contribution in [0.25, 0.3) is 0 Å². The quantitative estimate of drug-likeness (QED) is 0.686. The van der Waals surface area contributed by atoms with Gasteiger partial charge in [-0.15, -0.1) is 11.8 Å². The Kier molecular flexibility index (Phi) is 6.50. The van der Waals surface area contributed by atoms with Gasteiger partial charge < -0.3 is 9.64 Å². The lowest BCUT2D eigenvalue weighted by Gasteiger charge is -2.44. The number of ether oxygens (including phenoxy) is 1. The molecule has 0 bridgehead atoms. The monoisotopic (exact) mass is 416 g/mol. The Morgan fingerprint density at radius 2 is 1.83 bits per heavy atom. The van der Waals surface area contributed by atoms with Gasteiger partial charge in [0.1, 0.15) is 6.04 Å². The van der Waals surface area contributed by atoms with Crippen LogP contribution in [0.3, 0.4) is 0 Å². The fourth-order valence-electron chi connectivity index (χ4n) is 5.20. The van der Waals surface area contributed by atoms with Crippen molar-refractivity contribution in [3.63, 3.8) is 0 Å². The van der Waals surface area contributed by atoms with Crippen LogP contribution in [-0.4, -0.2) is 64.6 Å². The van der Waals surface area contributed by atoms with Crippen molar-refractivity contribution in [2.24, 2.45) is 0 Å². The zero-order valence-electron chi connectivity index (χ0n) is 17.3. The van der Waals surface area contributed by atoms with E-state index in [1.54, 1.807) is 11.8 Å². The summed E-state index contributed by atoms with van der Waals surface area (Å²) in [5.41, 5.74) is 1.39. The summed E-state index contributed by atoms with van der Waals surface area (Å²) in [5, 5.41) is 0. The molecule has 2 saturated heterocycles. The number of hydrogen-bond acceptors (Lipinski definition) is 5. The minimum absolute atomic E-state index is 0.105. The first kappa shape index (κ1) is 20.7. The molecule has 29 heavy (non-hydrogen) atoms. The molecular formula is C23H32N2O3S. The molecular weight excluding hydrogens is 384 g/mol. The van der Waals surface area contributed by atoms with Gasteiger partial charge >= 0.3 is 5.97 Å². The first-order valence-corrected chi connectivity index (χ1v) is 12.0. The molecule has 0 aromatic heterocycles. The second-order valence-corrected chi connectivity index (χ2v) is 9.84. The third-order valence-corrected chi connectivity index (χ3v) is 8.31. The molecule has 1 saturated carbocycles. The highest BCUT2D eigenvalue weighted by Crippen LogP contribution is 2.52. The number of thioether (sulfide) groups is 1. The summed E-state index contributed by atoms with van der Waals surface area (Å²) in [7, 11) is 0. The Morgan fingerprint density at radius 3 is 2.48 bits per heavy atom. The summed E-state index contributed by atoms with van der Waals surface area (Å²) in [5.74, 6) is 1.06.